The van der Waals surface area contributed by atoms with E-state index in [1.165, 1.54) is 6.07 Å². The van der Waals surface area contributed by atoms with Crippen LogP contribution in [0.2, 0.25) is 0 Å². The lowest BCUT2D eigenvalue weighted by molar-refractivity contribution is -0.138. The van der Waals surface area contributed by atoms with E-state index in [4.69, 9.17) is 4.74 Å². The van der Waals surface area contributed by atoms with Gasteiger partial charge in [0.05, 0.1) is 37.7 Å². The SMILES string of the molecule is C[C@@H](COCCC(=O)N1CCN(c2ccc(F)cn2)CC1)Nc1cn[nH]c(=O)c1C(F)(F)F. The normalized spacial score (nSPS) is 15.4. The van der Waals surface area contributed by atoms with Crippen molar-refractivity contribution in [1.82, 2.24) is 20.1 Å². The summed E-state index contributed by atoms with van der Waals surface area (Å²) in [6.07, 6.45) is -2.66. The fourth-order valence-corrected chi connectivity index (χ4v) is 3.41. The number of hydrogen-bond donors (Lipinski definition) is 2. The minimum absolute atomic E-state index is 0.0292. The third-order valence-corrected chi connectivity index (χ3v) is 5.04. The van der Waals surface area contributed by atoms with E-state index in [2.05, 4.69) is 15.4 Å². The van der Waals surface area contributed by atoms with Crippen LogP contribution >= 0.6 is 0 Å². The van der Waals surface area contributed by atoms with E-state index < -0.39 is 34.8 Å². The molecule has 3 rings (SSSR count). The molecule has 2 aromatic heterocycles. The third-order valence-electron chi connectivity index (χ3n) is 5.04. The Hall–Kier alpha value is -3.22. The molecule has 0 aliphatic carbocycles. The molecule has 1 aliphatic heterocycles. The van der Waals surface area contributed by atoms with Gasteiger partial charge >= 0.3 is 6.18 Å². The number of aromatic nitrogens is 3. The number of pyridine rings is 1. The number of alkyl halides is 3. The van der Waals surface area contributed by atoms with Crippen molar-refractivity contribution in [3.63, 3.8) is 0 Å². The molecule has 0 spiro atoms. The molecule has 180 valence electrons. The van der Waals surface area contributed by atoms with E-state index in [1.807, 2.05) is 4.90 Å². The number of carbonyl (C=O) groups is 1. The van der Waals surface area contributed by atoms with Crippen LogP contribution < -0.4 is 15.8 Å². The lowest BCUT2D eigenvalue weighted by Crippen LogP contribution is -2.49. The Bertz CT molecular complexity index is 991. The standard InChI is InChI=1S/C20H24F4N6O3/c1-13(27-15-11-26-28-19(32)18(15)20(22,23)24)12-33-9-4-17(31)30-7-5-29(6-8-30)16-3-2-14(21)10-25-16/h2-3,10-11,13H,4-9,12H2,1H3,(H2,27,28,32)/t13-/m0/s1. The topological polar surface area (TPSA) is 103 Å². The Morgan fingerprint density at radius 3 is 2.61 bits per heavy atom. The largest absolute Gasteiger partial charge is 0.423 e. The molecule has 33 heavy (non-hydrogen) atoms. The van der Waals surface area contributed by atoms with Crippen LogP contribution in [0.1, 0.15) is 18.9 Å². The van der Waals surface area contributed by atoms with Gasteiger partial charge in [-0.1, -0.05) is 0 Å². The van der Waals surface area contributed by atoms with Gasteiger partial charge in [0, 0.05) is 32.2 Å². The molecule has 1 amide bonds. The Morgan fingerprint density at radius 2 is 1.97 bits per heavy atom. The number of hydrogen-bond acceptors (Lipinski definition) is 7. The number of amides is 1. The maximum Gasteiger partial charge on any atom is 0.423 e. The van der Waals surface area contributed by atoms with E-state index in [0.29, 0.717) is 32.0 Å². The minimum Gasteiger partial charge on any atom is -0.379 e. The molecule has 2 N–H and O–H groups in total. The number of carbonyl (C=O) groups excluding carboxylic acids is 1. The molecular weight excluding hydrogens is 448 g/mol. The van der Waals surface area contributed by atoms with Crippen molar-refractivity contribution >= 4 is 17.4 Å². The highest BCUT2D eigenvalue weighted by atomic mass is 19.4. The molecule has 0 unspecified atom stereocenters. The zero-order valence-electron chi connectivity index (χ0n) is 17.9. The van der Waals surface area contributed by atoms with Gasteiger partial charge in [-0.2, -0.15) is 18.3 Å². The molecule has 9 nitrogen and oxygen atoms in total. The molecule has 2 aromatic rings. The summed E-state index contributed by atoms with van der Waals surface area (Å²) in [6.45, 7) is 3.84. The third kappa shape index (κ3) is 6.63. The van der Waals surface area contributed by atoms with Crippen LogP contribution in [0.5, 0.6) is 0 Å². The number of nitrogens with one attached hydrogen (secondary N) is 2. The van der Waals surface area contributed by atoms with Crippen molar-refractivity contribution in [2.75, 3.05) is 49.6 Å². The van der Waals surface area contributed by atoms with Gasteiger partial charge in [-0.25, -0.2) is 14.5 Å². The monoisotopic (exact) mass is 472 g/mol. The number of nitrogens with zero attached hydrogens (tertiary/aromatic N) is 4. The van der Waals surface area contributed by atoms with Gasteiger partial charge in [0.2, 0.25) is 5.91 Å². The van der Waals surface area contributed by atoms with E-state index in [0.717, 1.165) is 12.4 Å². The highest BCUT2D eigenvalue weighted by molar-refractivity contribution is 5.76. The molecule has 0 bridgehead atoms. The first-order valence-electron chi connectivity index (χ1n) is 10.3. The summed E-state index contributed by atoms with van der Waals surface area (Å²) in [5.74, 6) is 0.144. The van der Waals surface area contributed by atoms with Crippen molar-refractivity contribution in [2.45, 2.75) is 25.6 Å². The van der Waals surface area contributed by atoms with Gasteiger partial charge in [0.1, 0.15) is 17.2 Å². The summed E-state index contributed by atoms with van der Waals surface area (Å²) >= 11 is 0. The van der Waals surface area contributed by atoms with Crippen LogP contribution in [-0.4, -0.2) is 71.4 Å². The average molecular weight is 472 g/mol. The maximum absolute atomic E-state index is 13.1. The number of piperazine rings is 1. The van der Waals surface area contributed by atoms with Gasteiger partial charge in [0.25, 0.3) is 5.56 Å². The fourth-order valence-electron chi connectivity index (χ4n) is 3.41. The quantitative estimate of drug-likeness (QED) is 0.447. The second-order valence-corrected chi connectivity index (χ2v) is 7.56. The van der Waals surface area contributed by atoms with Crippen molar-refractivity contribution in [3.8, 4) is 0 Å². The van der Waals surface area contributed by atoms with Gasteiger partial charge in [0.15, 0.2) is 0 Å². The Balaban J connectivity index is 1.39. The molecular formula is C20H24F4N6O3. The molecule has 1 saturated heterocycles. The van der Waals surface area contributed by atoms with Crippen molar-refractivity contribution in [2.24, 2.45) is 0 Å². The maximum atomic E-state index is 13.1. The molecule has 1 aliphatic rings. The van der Waals surface area contributed by atoms with Crippen LogP contribution in [0.25, 0.3) is 0 Å². The van der Waals surface area contributed by atoms with Gasteiger partial charge < -0.3 is 19.9 Å². The summed E-state index contributed by atoms with van der Waals surface area (Å²) in [4.78, 5) is 31.6. The summed E-state index contributed by atoms with van der Waals surface area (Å²) < 4.78 is 57.7. The minimum atomic E-state index is -4.83. The summed E-state index contributed by atoms with van der Waals surface area (Å²) in [5.41, 5.74) is -3.12. The molecule has 0 aromatic carbocycles. The number of rotatable bonds is 8. The van der Waals surface area contributed by atoms with Crippen LogP contribution in [0.4, 0.5) is 29.1 Å². The van der Waals surface area contributed by atoms with Crippen LogP contribution in [0.3, 0.4) is 0 Å². The number of aromatic amines is 1. The van der Waals surface area contributed by atoms with Gasteiger partial charge in [-0.3, -0.25) is 9.59 Å². The smallest absolute Gasteiger partial charge is 0.379 e. The van der Waals surface area contributed by atoms with Crippen LogP contribution in [0, 0.1) is 5.82 Å². The lowest BCUT2D eigenvalue weighted by Gasteiger charge is -2.35. The summed E-state index contributed by atoms with van der Waals surface area (Å²) in [6, 6.07) is 2.37. The Kier molecular flexibility index (Phi) is 7.84. The molecule has 0 saturated carbocycles. The highest BCUT2D eigenvalue weighted by Crippen LogP contribution is 2.31. The summed E-state index contributed by atoms with van der Waals surface area (Å²) in [5, 5.41) is 7.74. The second-order valence-electron chi connectivity index (χ2n) is 7.56. The van der Waals surface area contributed by atoms with Crippen LogP contribution in [0.15, 0.2) is 29.3 Å². The lowest BCUT2D eigenvalue weighted by atomic mass is 10.2. The van der Waals surface area contributed by atoms with E-state index >= 15 is 0 Å². The first kappa shape index (κ1) is 24.4. The van der Waals surface area contributed by atoms with Gasteiger partial charge in [-0.05, 0) is 19.1 Å². The molecule has 1 fully saturated rings. The number of halogens is 4. The van der Waals surface area contributed by atoms with E-state index in [9.17, 15) is 27.2 Å². The molecule has 3 heterocycles. The Labute approximate surface area is 186 Å². The number of H-pyrrole nitrogens is 1. The first-order chi connectivity index (χ1) is 15.6. The molecule has 13 heteroatoms. The second kappa shape index (κ2) is 10.6. The first-order valence-corrected chi connectivity index (χ1v) is 10.3. The van der Waals surface area contributed by atoms with Crippen molar-refractivity contribution in [3.05, 3.63) is 46.3 Å². The van der Waals surface area contributed by atoms with Crippen LogP contribution in [-0.2, 0) is 15.7 Å². The van der Waals surface area contributed by atoms with Crippen molar-refractivity contribution in [1.29, 1.82) is 0 Å². The van der Waals surface area contributed by atoms with E-state index in [1.54, 1.807) is 23.0 Å². The number of ether oxygens (including phenoxy) is 1. The van der Waals surface area contributed by atoms with Crippen molar-refractivity contribution < 1.29 is 27.1 Å². The van der Waals surface area contributed by atoms with Gasteiger partial charge in [-0.15, -0.1) is 0 Å². The van der Waals surface area contributed by atoms with E-state index in [-0.39, 0.29) is 25.5 Å². The fraction of sp³-hybridized carbons (Fsp3) is 0.500. The predicted molar refractivity (Wildman–Crippen MR) is 111 cm³/mol. The highest BCUT2D eigenvalue weighted by Gasteiger charge is 2.37. The zero-order valence-corrected chi connectivity index (χ0v) is 17.9. The predicted octanol–water partition coefficient (Wildman–Crippen LogP) is 1.88. The number of anilines is 2. The molecule has 0 radical (unpaired) electrons. The Morgan fingerprint density at radius 1 is 1.24 bits per heavy atom. The average Bonchev–Trinajstić information content (AvgIpc) is 2.76. The summed E-state index contributed by atoms with van der Waals surface area (Å²) in [7, 11) is 0. The zero-order chi connectivity index (χ0) is 24.0. The molecule has 1 atom stereocenters.